The van der Waals surface area contributed by atoms with Gasteiger partial charge >= 0.3 is 0 Å². The molecule has 0 amide bonds. The fourth-order valence-corrected chi connectivity index (χ4v) is 1.79. The molecule has 5 atom stereocenters. The molecule has 1 rings (SSSR count). The van der Waals surface area contributed by atoms with Crippen molar-refractivity contribution >= 4 is 0 Å². The van der Waals surface area contributed by atoms with Crippen molar-refractivity contribution in [3.05, 3.63) is 0 Å². The smallest absolute Gasteiger partial charge is 0.186 e. The molecule has 0 aliphatic carbocycles. The van der Waals surface area contributed by atoms with Crippen molar-refractivity contribution in [2.24, 2.45) is 0 Å². The van der Waals surface area contributed by atoms with Crippen LogP contribution in [-0.2, 0) is 18.9 Å². The van der Waals surface area contributed by atoms with Gasteiger partial charge in [-0.25, -0.2) is 0 Å². The van der Waals surface area contributed by atoms with Crippen molar-refractivity contribution in [3.8, 4) is 0 Å². The van der Waals surface area contributed by atoms with Gasteiger partial charge in [-0.3, -0.25) is 0 Å². The summed E-state index contributed by atoms with van der Waals surface area (Å²) in [6, 6.07) is 0. The second-order valence-electron chi connectivity index (χ2n) is 4.38. The first-order valence-corrected chi connectivity index (χ1v) is 6.69. The van der Waals surface area contributed by atoms with Crippen molar-refractivity contribution in [1.29, 1.82) is 0 Å². The summed E-state index contributed by atoms with van der Waals surface area (Å²) >= 11 is 0. The van der Waals surface area contributed by atoms with Crippen LogP contribution in [0.5, 0.6) is 0 Å². The van der Waals surface area contributed by atoms with Gasteiger partial charge in [-0.2, -0.15) is 0 Å². The molecule has 0 spiro atoms. The van der Waals surface area contributed by atoms with Crippen molar-refractivity contribution in [3.63, 3.8) is 0 Å². The largest absolute Gasteiger partial charge is 0.394 e. The fraction of sp³-hybridized carbons (Fsp3) is 1.00. The highest BCUT2D eigenvalue weighted by Crippen LogP contribution is 2.21. The van der Waals surface area contributed by atoms with Crippen LogP contribution in [0.1, 0.15) is 6.92 Å². The molecule has 0 saturated carbocycles. The van der Waals surface area contributed by atoms with Crippen LogP contribution in [0, 0.1) is 0 Å². The Morgan fingerprint density at radius 2 is 1.55 bits per heavy atom. The molecule has 0 aromatic heterocycles. The standard InChI is InChI=1S/C12H24O8/c1-2-17-3-4-18-5-6-19-12-11(16)10(15)9(14)8(7-13)20-12/h8-16H,2-7H2,1H3/t8?,9-,10+,11-,12?/m1/s1. The summed E-state index contributed by atoms with van der Waals surface area (Å²) in [6.07, 6.45) is -6.25. The second kappa shape index (κ2) is 9.59. The summed E-state index contributed by atoms with van der Waals surface area (Å²) in [5, 5.41) is 37.8. The second-order valence-corrected chi connectivity index (χ2v) is 4.38. The van der Waals surface area contributed by atoms with E-state index in [4.69, 9.17) is 24.1 Å². The van der Waals surface area contributed by atoms with Gasteiger partial charge in [0, 0.05) is 6.61 Å². The molecule has 4 N–H and O–H groups in total. The lowest BCUT2D eigenvalue weighted by Gasteiger charge is -2.39. The van der Waals surface area contributed by atoms with E-state index in [1.807, 2.05) is 6.92 Å². The Morgan fingerprint density at radius 3 is 2.20 bits per heavy atom. The quantitative estimate of drug-likeness (QED) is 0.356. The molecule has 1 fully saturated rings. The minimum absolute atomic E-state index is 0.148. The van der Waals surface area contributed by atoms with Crippen LogP contribution in [0.25, 0.3) is 0 Å². The van der Waals surface area contributed by atoms with E-state index >= 15 is 0 Å². The topological polar surface area (TPSA) is 118 Å². The molecule has 1 aliphatic rings. The maximum absolute atomic E-state index is 9.69. The van der Waals surface area contributed by atoms with Gasteiger partial charge < -0.3 is 39.4 Å². The summed E-state index contributed by atoms with van der Waals surface area (Å²) in [5.74, 6) is 0. The number of ether oxygens (including phenoxy) is 4. The molecule has 1 aliphatic heterocycles. The molecular formula is C12H24O8. The molecule has 8 heteroatoms. The first kappa shape index (κ1) is 17.7. The van der Waals surface area contributed by atoms with Crippen LogP contribution in [-0.4, -0.2) is 90.8 Å². The SMILES string of the molecule is CCOCCOCCOC1OC(CO)[C@@H](O)[C@H](O)[C@H]1O. The predicted molar refractivity (Wildman–Crippen MR) is 67.0 cm³/mol. The number of rotatable bonds is 9. The third-order valence-electron chi connectivity index (χ3n) is 2.93. The molecule has 1 saturated heterocycles. The summed E-state index contributed by atoms with van der Waals surface area (Å²) in [5.41, 5.74) is 0. The fourth-order valence-electron chi connectivity index (χ4n) is 1.79. The molecule has 1 heterocycles. The van der Waals surface area contributed by atoms with Gasteiger partial charge in [0.1, 0.15) is 24.4 Å². The Bertz CT molecular complexity index is 250. The molecule has 0 aromatic rings. The maximum atomic E-state index is 9.69. The van der Waals surface area contributed by atoms with Crippen molar-refractivity contribution in [2.45, 2.75) is 37.6 Å². The molecule has 0 aromatic carbocycles. The Morgan fingerprint density at radius 1 is 0.900 bits per heavy atom. The van der Waals surface area contributed by atoms with E-state index in [1.54, 1.807) is 0 Å². The Hall–Kier alpha value is -0.320. The molecule has 0 bridgehead atoms. The normalized spacial score (nSPS) is 34.4. The highest BCUT2D eigenvalue weighted by Gasteiger charge is 2.43. The van der Waals surface area contributed by atoms with E-state index in [9.17, 15) is 15.3 Å². The average Bonchev–Trinajstić information content (AvgIpc) is 2.46. The Kier molecular flexibility index (Phi) is 8.50. The zero-order valence-electron chi connectivity index (χ0n) is 11.6. The van der Waals surface area contributed by atoms with Gasteiger partial charge in [0.2, 0.25) is 0 Å². The minimum atomic E-state index is -1.43. The summed E-state index contributed by atoms with van der Waals surface area (Å²) in [6.45, 7) is 3.40. The lowest BCUT2D eigenvalue weighted by molar-refractivity contribution is -0.302. The molecule has 8 nitrogen and oxygen atoms in total. The highest BCUT2D eigenvalue weighted by atomic mass is 16.7. The maximum Gasteiger partial charge on any atom is 0.186 e. The van der Waals surface area contributed by atoms with Crippen LogP contribution in [0.4, 0.5) is 0 Å². The molecule has 2 unspecified atom stereocenters. The third-order valence-corrected chi connectivity index (χ3v) is 2.93. The predicted octanol–water partition coefficient (Wildman–Crippen LogP) is -2.14. The lowest BCUT2D eigenvalue weighted by Crippen LogP contribution is -2.59. The van der Waals surface area contributed by atoms with Gasteiger partial charge in [0.15, 0.2) is 6.29 Å². The molecule has 0 radical (unpaired) electrons. The van der Waals surface area contributed by atoms with E-state index in [0.29, 0.717) is 19.8 Å². The number of aliphatic hydroxyl groups is 4. The van der Waals surface area contributed by atoms with Gasteiger partial charge in [-0.05, 0) is 6.92 Å². The van der Waals surface area contributed by atoms with Gasteiger partial charge in [0.05, 0.1) is 33.0 Å². The summed E-state index contributed by atoms with van der Waals surface area (Å²) in [7, 11) is 0. The zero-order valence-corrected chi connectivity index (χ0v) is 11.6. The van der Waals surface area contributed by atoms with Crippen molar-refractivity contribution in [2.75, 3.05) is 39.6 Å². The van der Waals surface area contributed by atoms with Crippen LogP contribution in [0.3, 0.4) is 0 Å². The van der Waals surface area contributed by atoms with Crippen LogP contribution >= 0.6 is 0 Å². The van der Waals surface area contributed by atoms with Crippen molar-refractivity contribution < 1.29 is 39.4 Å². The highest BCUT2D eigenvalue weighted by molar-refractivity contribution is 4.88. The monoisotopic (exact) mass is 296 g/mol. The van der Waals surface area contributed by atoms with E-state index in [-0.39, 0.29) is 13.2 Å². The summed E-state index contributed by atoms with van der Waals surface area (Å²) < 4.78 is 20.7. The third kappa shape index (κ3) is 5.23. The Labute approximate surface area is 117 Å². The van der Waals surface area contributed by atoms with E-state index < -0.39 is 37.3 Å². The molecular weight excluding hydrogens is 272 g/mol. The molecule has 120 valence electrons. The van der Waals surface area contributed by atoms with E-state index in [2.05, 4.69) is 0 Å². The molecule has 20 heavy (non-hydrogen) atoms. The Balaban J connectivity index is 2.21. The number of hydrogen-bond donors (Lipinski definition) is 4. The van der Waals surface area contributed by atoms with Gasteiger partial charge in [0.25, 0.3) is 0 Å². The first-order chi connectivity index (χ1) is 9.61. The first-order valence-electron chi connectivity index (χ1n) is 6.69. The van der Waals surface area contributed by atoms with Crippen LogP contribution in [0.2, 0.25) is 0 Å². The van der Waals surface area contributed by atoms with E-state index in [0.717, 1.165) is 0 Å². The van der Waals surface area contributed by atoms with Gasteiger partial charge in [-0.15, -0.1) is 0 Å². The zero-order chi connectivity index (χ0) is 15.0. The van der Waals surface area contributed by atoms with E-state index in [1.165, 1.54) is 0 Å². The lowest BCUT2D eigenvalue weighted by atomic mass is 9.99. The van der Waals surface area contributed by atoms with Gasteiger partial charge in [-0.1, -0.05) is 0 Å². The van der Waals surface area contributed by atoms with Crippen LogP contribution < -0.4 is 0 Å². The minimum Gasteiger partial charge on any atom is -0.394 e. The number of aliphatic hydroxyl groups excluding tert-OH is 4. The average molecular weight is 296 g/mol. The summed E-state index contributed by atoms with van der Waals surface area (Å²) in [4.78, 5) is 0. The van der Waals surface area contributed by atoms with Crippen molar-refractivity contribution in [1.82, 2.24) is 0 Å². The number of hydrogen-bond acceptors (Lipinski definition) is 8. The van der Waals surface area contributed by atoms with Crippen LogP contribution in [0.15, 0.2) is 0 Å².